The molecular weight excluding hydrogens is 380 g/mol. The fourth-order valence-electron chi connectivity index (χ4n) is 3.07. The Balaban J connectivity index is 1.64. The molecular formula is C21H15ClN2O4. The highest BCUT2D eigenvalue weighted by Gasteiger charge is 2.25. The summed E-state index contributed by atoms with van der Waals surface area (Å²) in [7, 11) is 0. The first-order valence-corrected chi connectivity index (χ1v) is 9.09. The molecule has 1 aliphatic rings. The maximum absolute atomic E-state index is 12.7. The summed E-state index contributed by atoms with van der Waals surface area (Å²) in [6.07, 6.45) is 0.757. The summed E-state index contributed by atoms with van der Waals surface area (Å²) in [4.78, 5) is 37.1. The van der Waals surface area contributed by atoms with E-state index in [0.29, 0.717) is 22.4 Å². The van der Waals surface area contributed by atoms with Crippen molar-refractivity contribution in [2.45, 2.75) is 12.8 Å². The maximum Gasteiger partial charge on any atom is 0.347 e. The van der Waals surface area contributed by atoms with Crippen LogP contribution < -0.4 is 5.63 Å². The first-order valence-electron chi connectivity index (χ1n) is 8.71. The highest BCUT2D eigenvalue weighted by Crippen LogP contribution is 2.20. The van der Waals surface area contributed by atoms with E-state index in [1.54, 1.807) is 18.2 Å². The van der Waals surface area contributed by atoms with E-state index in [1.807, 2.05) is 30.3 Å². The molecule has 0 saturated carbocycles. The van der Waals surface area contributed by atoms with Gasteiger partial charge in [-0.05, 0) is 29.8 Å². The summed E-state index contributed by atoms with van der Waals surface area (Å²) in [5.41, 5.74) is 1.07. The second-order valence-corrected chi connectivity index (χ2v) is 6.85. The van der Waals surface area contributed by atoms with Crippen LogP contribution in [0.5, 0.6) is 0 Å². The smallest absolute Gasteiger partial charge is 0.347 e. The molecule has 0 spiro atoms. The first-order chi connectivity index (χ1) is 13.5. The van der Waals surface area contributed by atoms with Crippen molar-refractivity contribution in [1.29, 1.82) is 0 Å². The predicted molar refractivity (Wildman–Crippen MR) is 106 cm³/mol. The van der Waals surface area contributed by atoms with Crippen molar-refractivity contribution in [3.8, 4) is 0 Å². The number of Topliss-reactive ketones (excluding diaryl/α,β-unsaturated/α-hetero) is 1. The molecule has 7 heteroatoms. The molecule has 0 saturated heterocycles. The van der Waals surface area contributed by atoms with Crippen LogP contribution in [0.3, 0.4) is 0 Å². The molecule has 1 aliphatic heterocycles. The van der Waals surface area contributed by atoms with Crippen molar-refractivity contribution < 1.29 is 14.0 Å². The number of ketones is 1. The van der Waals surface area contributed by atoms with Gasteiger partial charge in [0.1, 0.15) is 17.7 Å². The number of carbonyl (C=O) groups excluding carboxylic acids is 2. The van der Waals surface area contributed by atoms with Gasteiger partial charge in [0.25, 0.3) is 0 Å². The summed E-state index contributed by atoms with van der Waals surface area (Å²) in [6, 6.07) is 15.7. The lowest BCUT2D eigenvalue weighted by atomic mass is 10.0. The van der Waals surface area contributed by atoms with Gasteiger partial charge in [0.2, 0.25) is 5.91 Å². The zero-order chi connectivity index (χ0) is 19.7. The summed E-state index contributed by atoms with van der Waals surface area (Å²) in [6.45, 7) is -0.327. The fraction of sp³-hybridized carbons (Fsp3) is 0.143. The zero-order valence-corrected chi connectivity index (χ0v) is 15.5. The molecule has 0 N–H and O–H groups in total. The van der Waals surface area contributed by atoms with Crippen molar-refractivity contribution in [3.63, 3.8) is 0 Å². The van der Waals surface area contributed by atoms with Gasteiger partial charge in [0.15, 0.2) is 5.78 Å². The van der Waals surface area contributed by atoms with E-state index in [4.69, 9.17) is 16.0 Å². The average Bonchev–Trinajstić information content (AvgIpc) is 2.70. The van der Waals surface area contributed by atoms with Crippen LogP contribution in [0.2, 0.25) is 5.02 Å². The summed E-state index contributed by atoms with van der Waals surface area (Å²) in [5, 5.41) is 6.45. The highest BCUT2D eigenvalue weighted by atomic mass is 35.5. The van der Waals surface area contributed by atoms with E-state index < -0.39 is 11.4 Å². The quantitative estimate of drug-likeness (QED) is 0.499. The number of nitrogens with zero attached hydrogens (tertiary/aromatic N) is 2. The third-order valence-electron chi connectivity index (χ3n) is 4.50. The van der Waals surface area contributed by atoms with Gasteiger partial charge in [-0.3, -0.25) is 9.59 Å². The van der Waals surface area contributed by atoms with Gasteiger partial charge in [0.05, 0.1) is 5.71 Å². The lowest BCUT2D eigenvalue weighted by Gasteiger charge is -2.23. The number of benzene rings is 2. The van der Waals surface area contributed by atoms with E-state index >= 15 is 0 Å². The number of hydrazone groups is 1. The standard InChI is InChI=1S/C21H15ClN2O4/c22-15-6-8-19-14(10-15)11-16(21(27)28-19)18(25)12-24-20(26)9-7-17(23-24)13-4-2-1-3-5-13/h1-6,8,10-11H,7,9,12H2. The summed E-state index contributed by atoms with van der Waals surface area (Å²) < 4.78 is 5.20. The minimum atomic E-state index is -0.753. The zero-order valence-electron chi connectivity index (χ0n) is 14.7. The number of rotatable bonds is 4. The van der Waals surface area contributed by atoms with Crippen LogP contribution in [0.1, 0.15) is 28.8 Å². The van der Waals surface area contributed by atoms with Crippen LogP contribution in [0.4, 0.5) is 0 Å². The Morgan fingerprint density at radius 2 is 1.86 bits per heavy atom. The Hall–Kier alpha value is -3.25. The SMILES string of the molecule is O=C(CN1N=C(c2ccccc2)CCC1=O)c1cc2cc(Cl)ccc2oc1=O. The van der Waals surface area contributed by atoms with Gasteiger partial charge in [-0.25, -0.2) is 9.80 Å². The number of hydrogen-bond acceptors (Lipinski definition) is 5. The van der Waals surface area contributed by atoms with Crippen LogP contribution in [-0.4, -0.2) is 29.0 Å². The number of fused-ring (bicyclic) bond motifs is 1. The molecule has 0 atom stereocenters. The molecule has 1 aromatic heterocycles. The number of carbonyl (C=O) groups is 2. The molecule has 3 aromatic rings. The summed E-state index contributed by atoms with van der Waals surface area (Å²) in [5.74, 6) is -0.803. The molecule has 0 aliphatic carbocycles. The predicted octanol–water partition coefficient (Wildman–Crippen LogP) is 3.66. The monoisotopic (exact) mass is 394 g/mol. The number of halogens is 1. The van der Waals surface area contributed by atoms with Gasteiger partial charge < -0.3 is 4.42 Å². The topological polar surface area (TPSA) is 80.0 Å². The highest BCUT2D eigenvalue weighted by molar-refractivity contribution is 6.31. The molecule has 4 rings (SSSR count). The van der Waals surface area contributed by atoms with Crippen molar-refractivity contribution in [3.05, 3.63) is 81.2 Å². The van der Waals surface area contributed by atoms with Crippen molar-refractivity contribution in [2.24, 2.45) is 5.10 Å². The van der Waals surface area contributed by atoms with E-state index in [1.165, 1.54) is 6.07 Å². The molecule has 28 heavy (non-hydrogen) atoms. The molecule has 0 bridgehead atoms. The van der Waals surface area contributed by atoms with Crippen LogP contribution in [0, 0.1) is 0 Å². The fourth-order valence-corrected chi connectivity index (χ4v) is 3.25. The number of amides is 1. The van der Waals surface area contributed by atoms with E-state index in [2.05, 4.69) is 5.10 Å². The molecule has 1 amide bonds. The van der Waals surface area contributed by atoms with Crippen molar-refractivity contribution >= 4 is 40.0 Å². The Bertz CT molecular complexity index is 1170. The Kier molecular flexibility index (Phi) is 4.79. The van der Waals surface area contributed by atoms with Crippen LogP contribution >= 0.6 is 11.6 Å². The lowest BCUT2D eigenvalue weighted by molar-refractivity contribution is -0.131. The van der Waals surface area contributed by atoms with Gasteiger partial charge in [-0.2, -0.15) is 5.10 Å². The average molecular weight is 395 g/mol. The lowest BCUT2D eigenvalue weighted by Crippen LogP contribution is -2.37. The maximum atomic E-state index is 12.7. The molecule has 6 nitrogen and oxygen atoms in total. The molecule has 0 unspecified atom stereocenters. The molecule has 2 heterocycles. The first kappa shape index (κ1) is 18.1. The largest absolute Gasteiger partial charge is 0.422 e. The van der Waals surface area contributed by atoms with Gasteiger partial charge >= 0.3 is 5.63 Å². The second-order valence-electron chi connectivity index (χ2n) is 6.42. The van der Waals surface area contributed by atoms with Crippen LogP contribution in [0.25, 0.3) is 11.0 Å². The van der Waals surface area contributed by atoms with E-state index in [9.17, 15) is 14.4 Å². The molecule has 0 fully saturated rings. The van der Waals surface area contributed by atoms with E-state index in [-0.39, 0.29) is 24.4 Å². The minimum absolute atomic E-state index is 0.135. The van der Waals surface area contributed by atoms with Crippen LogP contribution in [-0.2, 0) is 4.79 Å². The van der Waals surface area contributed by atoms with Gasteiger partial charge in [0, 0.05) is 23.3 Å². The molecule has 0 radical (unpaired) electrons. The van der Waals surface area contributed by atoms with Gasteiger partial charge in [-0.15, -0.1) is 0 Å². The molecule has 2 aromatic carbocycles. The third kappa shape index (κ3) is 3.59. The third-order valence-corrected chi connectivity index (χ3v) is 4.74. The minimum Gasteiger partial charge on any atom is -0.422 e. The normalized spacial score (nSPS) is 14.2. The Morgan fingerprint density at radius 1 is 1.07 bits per heavy atom. The van der Waals surface area contributed by atoms with Crippen molar-refractivity contribution in [2.75, 3.05) is 6.54 Å². The van der Waals surface area contributed by atoms with Crippen LogP contribution in [0.15, 0.2) is 68.9 Å². The Labute approximate surface area is 165 Å². The second kappa shape index (κ2) is 7.40. The van der Waals surface area contributed by atoms with E-state index in [0.717, 1.165) is 16.3 Å². The van der Waals surface area contributed by atoms with Gasteiger partial charge in [-0.1, -0.05) is 41.9 Å². The summed E-state index contributed by atoms with van der Waals surface area (Å²) >= 11 is 5.96. The number of hydrogen-bond donors (Lipinski definition) is 0. The van der Waals surface area contributed by atoms with Crippen molar-refractivity contribution in [1.82, 2.24) is 5.01 Å². The Morgan fingerprint density at radius 3 is 2.64 bits per heavy atom. The molecule has 140 valence electrons.